The van der Waals surface area contributed by atoms with Crippen molar-refractivity contribution in [2.45, 2.75) is 30.6 Å². The number of anilines is 1. The van der Waals surface area contributed by atoms with Crippen molar-refractivity contribution in [3.8, 4) is 0 Å². The Bertz CT molecular complexity index is 1150. The summed E-state index contributed by atoms with van der Waals surface area (Å²) in [5.41, 5.74) is 0.128. The quantitative estimate of drug-likeness (QED) is 0.459. The van der Waals surface area contributed by atoms with Gasteiger partial charge in [-0.05, 0) is 43.2 Å². The van der Waals surface area contributed by atoms with E-state index in [-0.39, 0.29) is 28.1 Å². The molecule has 156 valence electrons. The highest BCUT2D eigenvalue weighted by molar-refractivity contribution is 7.99. The van der Waals surface area contributed by atoms with Gasteiger partial charge in [-0.3, -0.25) is 14.2 Å². The fourth-order valence-electron chi connectivity index (χ4n) is 3.21. The molecule has 0 spiro atoms. The summed E-state index contributed by atoms with van der Waals surface area (Å²) in [5, 5.41) is 3.52. The van der Waals surface area contributed by atoms with Crippen molar-refractivity contribution >= 4 is 46.0 Å². The second-order valence-corrected chi connectivity index (χ2v) is 8.16. The van der Waals surface area contributed by atoms with Crippen LogP contribution in [0.25, 0.3) is 11.0 Å². The van der Waals surface area contributed by atoms with Crippen molar-refractivity contribution in [1.82, 2.24) is 14.5 Å². The predicted molar refractivity (Wildman–Crippen MR) is 114 cm³/mol. The van der Waals surface area contributed by atoms with Gasteiger partial charge in [0.25, 0.3) is 5.56 Å². The maximum Gasteiger partial charge on any atom is 0.263 e. The lowest BCUT2D eigenvalue weighted by Crippen LogP contribution is -2.29. The van der Waals surface area contributed by atoms with Gasteiger partial charge in [0.05, 0.1) is 29.5 Å². The first-order valence-corrected chi connectivity index (χ1v) is 10.7. The van der Waals surface area contributed by atoms with Gasteiger partial charge < -0.3 is 10.1 Å². The SMILES string of the molecule is O=C(CSc1nc2ncccc2c(=O)n1C[C@@H]1CCCO1)Nc1ccc(Cl)cc1F. The number of hydrogen-bond donors (Lipinski definition) is 1. The molecule has 0 unspecified atom stereocenters. The smallest absolute Gasteiger partial charge is 0.263 e. The van der Waals surface area contributed by atoms with Gasteiger partial charge in [-0.2, -0.15) is 0 Å². The molecule has 7 nitrogen and oxygen atoms in total. The molecule has 1 amide bonds. The Kier molecular flexibility index (Phi) is 6.31. The highest BCUT2D eigenvalue weighted by atomic mass is 35.5. The number of amides is 1. The van der Waals surface area contributed by atoms with E-state index < -0.39 is 11.7 Å². The van der Waals surface area contributed by atoms with E-state index in [0.29, 0.717) is 29.3 Å². The first-order chi connectivity index (χ1) is 14.5. The Morgan fingerprint density at radius 1 is 1.40 bits per heavy atom. The van der Waals surface area contributed by atoms with Crippen molar-refractivity contribution in [2.75, 3.05) is 17.7 Å². The van der Waals surface area contributed by atoms with Gasteiger partial charge in [-0.1, -0.05) is 23.4 Å². The normalized spacial score (nSPS) is 16.1. The summed E-state index contributed by atoms with van der Waals surface area (Å²) < 4.78 is 21.1. The Morgan fingerprint density at radius 3 is 3.03 bits per heavy atom. The Labute approximate surface area is 180 Å². The van der Waals surface area contributed by atoms with Crippen LogP contribution in [-0.2, 0) is 16.1 Å². The number of carbonyl (C=O) groups is 1. The van der Waals surface area contributed by atoms with E-state index in [1.807, 2.05) is 0 Å². The summed E-state index contributed by atoms with van der Waals surface area (Å²) >= 11 is 6.82. The van der Waals surface area contributed by atoms with Crippen molar-refractivity contribution in [1.29, 1.82) is 0 Å². The Morgan fingerprint density at radius 2 is 2.27 bits per heavy atom. The van der Waals surface area contributed by atoms with Crippen LogP contribution in [-0.4, -0.2) is 38.9 Å². The second kappa shape index (κ2) is 9.11. The lowest BCUT2D eigenvalue weighted by molar-refractivity contribution is -0.113. The number of fused-ring (bicyclic) bond motifs is 1. The maximum absolute atomic E-state index is 13.9. The zero-order valence-corrected chi connectivity index (χ0v) is 17.4. The lowest BCUT2D eigenvalue weighted by Gasteiger charge is -2.16. The van der Waals surface area contributed by atoms with Gasteiger partial charge in [0.2, 0.25) is 5.91 Å². The molecule has 1 aliphatic rings. The van der Waals surface area contributed by atoms with E-state index >= 15 is 0 Å². The van der Waals surface area contributed by atoms with Crippen LogP contribution in [0.4, 0.5) is 10.1 Å². The van der Waals surface area contributed by atoms with Gasteiger partial charge in [0, 0.05) is 17.8 Å². The number of pyridine rings is 1. The van der Waals surface area contributed by atoms with Crippen LogP contribution in [0.15, 0.2) is 46.5 Å². The van der Waals surface area contributed by atoms with Crippen molar-refractivity contribution in [2.24, 2.45) is 0 Å². The van der Waals surface area contributed by atoms with Gasteiger partial charge >= 0.3 is 0 Å². The number of aromatic nitrogens is 3. The molecule has 1 fully saturated rings. The van der Waals surface area contributed by atoms with Crippen molar-refractivity contribution in [3.63, 3.8) is 0 Å². The van der Waals surface area contributed by atoms with Crippen LogP contribution in [0.2, 0.25) is 5.02 Å². The molecular weight excluding hydrogens is 431 g/mol. The van der Waals surface area contributed by atoms with Gasteiger partial charge in [0.1, 0.15) is 5.82 Å². The highest BCUT2D eigenvalue weighted by Crippen LogP contribution is 2.22. The Hall–Kier alpha value is -2.49. The second-order valence-electron chi connectivity index (χ2n) is 6.78. The number of nitrogens with zero attached hydrogens (tertiary/aromatic N) is 3. The van der Waals surface area contributed by atoms with E-state index in [0.717, 1.165) is 30.7 Å². The van der Waals surface area contributed by atoms with Crippen LogP contribution in [0, 0.1) is 5.82 Å². The maximum atomic E-state index is 13.9. The molecule has 3 heterocycles. The summed E-state index contributed by atoms with van der Waals surface area (Å²) in [6.07, 6.45) is 3.29. The van der Waals surface area contributed by atoms with Crippen LogP contribution in [0.5, 0.6) is 0 Å². The first kappa shape index (κ1) is 20.8. The molecule has 4 rings (SSSR count). The largest absolute Gasteiger partial charge is 0.376 e. The molecule has 0 saturated carbocycles. The minimum absolute atomic E-state index is 0.0369. The fraction of sp³-hybridized carbons (Fsp3) is 0.300. The van der Waals surface area contributed by atoms with Crippen LogP contribution in [0.1, 0.15) is 12.8 Å². The molecule has 1 aromatic carbocycles. The number of hydrogen-bond acceptors (Lipinski definition) is 6. The summed E-state index contributed by atoms with van der Waals surface area (Å²) in [7, 11) is 0. The summed E-state index contributed by atoms with van der Waals surface area (Å²) in [5.74, 6) is -1.11. The molecular formula is C20H18ClFN4O3S. The van der Waals surface area contributed by atoms with Crippen LogP contribution in [0.3, 0.4) is 0 Å². The minimum Gasteiger partial charge on any atom is -0.376 e. The zero-order valence-electron chi connectivity index (χ0n) is 15.8. The number of benzene rings is 1. The summed E-state index contributed by atoms with van der Waals surface area (Å²) in [4.78, 5) is 34.0. The van der Waals surface area contributed by atoms with Gasteiger partial charge in [-0.15, -0.1) is 0 Å². The van der Waals surface area contributed by atoms with E-state index in [4.69, 9.17) is 16.3 Å². The summed E-state index contributed by atoms with van der Waals surface area (Å²) in [6.45, 7) is 1.02. The first-order valence-electron chi connectivity index (χ1n) is 9.36. The molecule has 1 atom stereocenters. The number of carbonyl (C=O) groups excluding carboxylic acids is 1. The van der Waals surface area contributed by atoms with Crippen molar-refractivity contribution < 1.29 is 13.9 Å². The molecule has 1 aliphatic heterocycles. The third-order valence-electron chi connectivity index (χ3n) is 4.64. The van der Waals surface area contributed by atoms with E-state index in [9.17, 15) is 14.0 Å². The molecule has 30 heavy (non-hydrogen) atoms. The van der Waals surface area contributed by atoms with E-state index in [2.05, 4.69) is 15.3 Å². The average Bonchev–Trinajstić information content (AvgIpc) is 3.24. The average molecular weight is 449 g/mol. The Balaban J connectivity index is 1.56. The molecule has 3 aromatic rings. The highest BCUT2D eigenvalue weighted by Gasteiger charge is 2.21. The number of rotatable bonds is 6. The molecule has 1 saturated heterocycles. The number of halogens is 2. The van der Waals surface area contributed by atoms with E-state index in [1.165, 1.54) is 16.7 Å². The standard InChI is InChI=1S/C20H18ClFN4O3S/c21-12-5-6-16(15(22)9-12)24-17(27)11-30-20-25-18-14(4-1-7-23-18)19(28)26(20)10-13-3-2-8-29-13/h1,4-7,9,13H,2-3,8,10-11H2,(H,24,27)/t13-/m0/s1. The van der Waals surface area contributed by atoms with Gasteiger partial charge in [-0.25, -0.2) is 14.4 Å². The van der Waals surface area contributed by atoms with Crippen LogP contribution < -0.4 is 10.9 Å². The molecule has 0 bridgehead atoms. The predicted octanol–water partition coefficient (Wildman–Crippen LogP) is 3.49. The molecule has 1 N–H and O–H groups in total. The zero-order chi connectivity index (χ0) is 21.1. The van der Waals surface area contributed by atoms with Crippen molar-refractivity contribution in [3.05, 3.63) is 57.7 Å². The van der Waals surface area contributed by atoms with E-state index in [1.54, 1.807) is 18.3 Å². The molecule has 0 aliphatic carbocycles. The lowest BCUT2D eigenvalue weighted by atomic mass is 10.2. The third kappa shape index (κ3) is 4.63. The fourth-order valence-corrected chi connectivity index (χ4v) is 4.16. The van der Waals surface area contributed by atoms with Crippen LogP contribution >= 0.6 is 23.4 Å². The molecule has 10 heteroatoms. The summed E-state index contributed by atoms with van der Waals surface area (Å²) in [6, 6.07) is 7.37. The monoisotopic (exact) mass is 448 g/mol. The number of ether oxygens (including phenoxy) is 1. The van der Waals surface area contributed by atoms with Gasteiger partial charge in [0.15, 0.2) is 10.8 Å². The minimum atomic E-state index is -0.621. The molecule has 0 radical (unpaired) electrons. The third-order valence-corrected chi connectivity index (χ3v) is 5.85. The number of nitrogens with one attached hydrogen (secondary N) is 1. The topological polar surface area (TPSA) is 86.1 Å². The molecule has 2 aromatic heterocycles. The number of thioether (sulfide) groups is 1.